The standard InChI is InChI=1S/C16H14BF2N3O3/c1-16(18,19)25-15-5-3-10(17(23)24)7-12(15)9-2-4-11-13(20)8-21-22-14(11)6-9/h2-8,23-24H,1H3,(H2,20,22). The number of anilines is 1. The first kappa shape index (κ1) is 17.1. The summed E-state index contributed by atoms with van der Waals surface area (Å²) >= 11 is 0. The highest BCUT2D eigenvalue weighted by Crippen LogP contribution is 2.34. The van der Waals surface area contributed by atoms with E-state index in [1.54, 1.807) is 18.2 Å². The Morgan fingerprint density at radius 1 is 1.16 bits per heavy atom. The number of benzene rings is 2. The van der Waals surface area contributed by atoms with Gasteiger partial charge in [-0.15, -0.1) is 0 Å². The molecule has 0 radical (unpaired) electrons. The summed E-state index contributed by atoms with van der Waals surface area (Å²) in [7, 11) is -1.74. The zero-order chi connectivity index (χ0) is 18.2. The lowest BCUT2D eigenvalue weighted by atomic mass is 9.79. The first-order chi connectivity index (χ1) is 11.7. The molecule has 128 valence electrons. The number of aromatic nitrogens is 2. The molecule has 0 aliphatic rings. The van der Waals surface area contributed by atoms with Crippen LogP contribution >= 0.6 is 0 Å². The van der Waals surface area contributed by atoms with Crippen LogP contribution in [0, 0.1) is 0 Å². The first-order valence-corrected chi connectivity index (χ1v) is 7.33. The first-order valence-electron chi connectivity index (χ1n) is 7.33. The average molecular weight is 345 g/mol. The van der Waals surface area contributed by atoms with E-state index in [0.717, 1.165) is 0 Å². The molecule has 2 aromatic carbocycles. The molecule has 9 heteroatoms. The molecule has 1 heterocycles. The van der Waals surface area contributed by atoms with Gasteiger partial charge in [0.2, 0.25) is 0 Å². The van der Waals surface area contributed by atoms with E-state index in [9.17, 15) is 18.8 Å². The highest BCUT2D eigenvalue weighted by atomic mass is 19.3. The number of ether oxygens (including phenoxy) is 1. The van der Waals surface area contributed by atoms with Gasteiger partial charge in [0, 0.05) is 17.9 Å². The van der Waals surface area contributed by atoms with Gasteiger partial charge in [0.1, 0.15) is 5.75 Å². The molecule has 0 spiro atoms. The third-order valence-electron chi connectivity index (χ3n) is 3.57. The van der Waals surface area contributed by atoms with Crippen LogP contribution in [0.3, 0.4) is 0 Å². The molecular weight excluding hydrogens is 331 g/mol. The number of nitrogens with two attached hydrogens (primary N) is 1. The number of hydrogen-bond donors (Lipinski definition) is 3. The van der Waals surface area contributed by atoms with E-state index in [-0.39, 0.29) is 16.8 Å². The predicted octanol–water partition coefficient (Wildman–Crippen LogP) is 1.55. The lowest BCUT2D eigenvalue weighted by Gasteiger charge is -2.17. The van der Waals surface area contributed by atoms with Crippen LogP contribution < -0.4 is 15.9 Å². The van der Waals surface area contributed by atoms with Crippen LogP contribution in [-0.2, 0) is 0 Å². The van der Waals surface area contributed by atoms with Crippen LogP contribution in [0.15, 0.2) is 42.6 Å². The van der Waals surface area contributed by atoms with Crippen molar-refractivity contribution >= 4 is 29.2 Å². The molecule has 0 saturated heterocycles. The van der Waals surface area contributed by atoms with Gasteiger partial charge in [-0.2, -0.15) is 19.0 Å². The van der Waals surface area contributed by atoms with Gasteiger partial charge in [-0.3, -0.25) is 0 Å². The van der Waals surface area contributed by atoms with E-state index in [1.807, 2.05) is 0 Å². The Bertz CT molecular complexity index is 932. The Morgan fingerprint density at radius 3 is 2.60 bits per heavy atom. The van der Waals surface area contributed by atoms with Crippen molar-refractivity contribution in [2.45, 2.75) is 13.0 Å². The molecule has 1 aromatic heterocycles. The van der Waals surface area contributed by atoms with Crippen LogP contribution in [-0.4, -0.2) is 33.5 Å². The maximum Gasteiger partial charge on any atom is 0.488 e. The van der Waals surface area contributed by atoms with Gasteiger partial charge in [0.25, 0.3) is 0 Å². The lowest BCUT2D eigenvalue weighted by molar-refractivity contribution is -0.158. The van der Waals surface area contributed by atoms with Crippen molar-refractivity contribution in [2.75, 3.05) is 5.73 Å². The third-order valence-corrected chi connectivity index (χ3v) is 3.57. The fourth-order valence-corrected chi connectivity index (χ4v) is 2.46. The number of nitrogens with zero attached hydrogens (tertiary/aromatic N) is 2. The summed E-state index contributed by atoms with van der Waals surface area (Å²) in [4.78, 5) is 0. The van der Waals surface area contributed by atoms with Crippen LogP contribution in [0.1, 0.15) is 6.92 Å². The number of nitrogen functional groups attached to an aromatic ring is 1. The molecule has 0 bridgehead atoms. The highest BCUT2D eigenvalue weighted by Gasteiger charge is 2.26. The number of rotatable bonds is 4. The minimum Gasteiger partial charge on any atom is -0.432 e. The normalized spacial score (nSPS) is 11.6. The van der Waals surface area contributed by atoms with Crippen molar-refractivity contribution in [1.82, 2.24) is 10.2 Å². The minimum absolute atomic E-state index is 0.104. The Balaban J connectivity index is 2.18. The Morgan fingerprint density at radius 2 is 1.92 bits per heavy atom. The Kier molecular flexibility index (Phi) is 4.28. The molecule has 0 amide bonds. The van der Waals surface area contributed by atoms with E-state index >= 15 is 0 Å². The topological polar surface area (TPSA) is 101 Å². The molecule has 0 aliphatic carbocycles. The summed E-state index contributed by atoms with van der Waals surface area (Å²) in [5, 5.41) is 27.1. The predicted molar refractivity (Wildman–Crippen MR) is 90.5 cm³/mol. The second-order valence-electron chi connectivity index (χ2n) is 5.57. The molecule has 0 aliphatic heterocycles. The summed E-state index contributed by atoms with van der Waals surface area (Å²) in [6, 6.07) is 8.88. The summed E-state index contributed by atoms with van der Waals surface area (Å²) in [6.45, 7) is 0.623. The van der Waals surface area contributed by atoms with Crippen molar-refractivity contribution in [3.63, 3.8) is 0 Å². The summed E-state index contributed by atoms with van der Waals surface area (Å²) in [6.07, 6.45) is -1.98. The smallest absolute Gasteiger partial charge is 0.432 e. The SMILES string of the molecule is CC(F)(F)Oc1ccc(B(O)O)cc1-c1ccc2c(N)cnnc2c1. The van der Waals surface area contributed by atoms with E-state index in [0.29, 0.717) is 29.1 Å². The number of halogens is 2. The van der Waals surface area contributed by atoms with Crippen molar-refractivity contribution in [3.05, 3.63) is 42.6 Å². The molecule has 3 rings (SSSR count). The van der Waals surface area contributed by atoms with Gasteiger partial charge in [0.15, 0.2) is 0 Å². The molecular formula is C16H14BF2N3O3. The second-order valence-corrected chi connectivity index (χ2v) is 5.57. The highest BCUT2D eigenvalue weighted by molar-refractivity contribution is 6.58. The summed E-state index contributed by atoms with van der Waals surface area (Å²) in [5.41, 5.74) is 7.64. The van der Waals surface area contributed by atoms with Crippen LogP contribution in [0.2, 0.25) is 0 Å². The molecule has 25 heavy (non-hydrogen) atoms. The van der Waals surface area contributed by atoms with Gasteiger partial charge in [-0.25, -0.2) is 0 Å². The quantitative estimate of drug-likeness (QED) is 0.620. The van der Waals surface area contributed by atoms with Crippen molar-refractivity contribution in [2.24, 2.45) is 0 Å². The molecule has 3 aromatic rings. The van der Waals surface area contributed by atoms with E-state index in [4.69, 9.17) is 10.5 Å². The zero-order valence-electron chi connectivity index (χ0n) is 13.1. The molecule has 0 unspecified atom stereocenters. The average Bonchev–Trinajstić information content (AvgIpc) is 2.53. The Labute approximate surface area is 142 Å². The van der Waals surface area contributed by atoms with Crippen molar-refractivity contribution in [3.8, 4) is 16.9 Å². The molecule has 4 N–H and O–H groups in total. The number of fused-ring (bicyclic) bond motifs is 1. The molecule has 0 atom stereocenters. The van der Waals surface area contributed by atoms with E-state index in [1.165, 1.54) is 24.4 Å². The molecule has 6 nitrogen and oxygen atoms in total. The molecule has 0 saturated carbocycles. The lowest BCUT2D eigenvalue weighted by Crippen LogP contribution is -2.30. The fraction of sp³-hybridized carbons (Fsp3) is 0.125. The van der Waals surface area contributed by atoms with Crippen LogP contribution in [0.4, 0.5) is 14.5 Å². The number of alkyl halides is 2. The van der Waals surface area contributed by atoms with Crippen LogP contribution in [0.5, 0.6) is 5.75 Å². The third kappa shape index (κ3) is 3.67. The Hall–Kier alpha value is -2.78. The van der Waals surface area contributed by atoms with Gasteiger partial charge >= 0.3 is 13.2 Å². The van der Waals surface area contributed by atoms with Gasteiger partial charge in [-0.1, -0.05) is 18.2 Å². The molecule has 0 fully saturated rings. The van der Waals surface area contributed by atoms with Crippen molar-refractivity contribution in [1.29, 1.82) is 0 Å². The maximum absolute atomic E-state index is 13.3. The number of hydrogen-bond acceptors (Lipinski definition) is 6. The van der Waals surface area contributed by atoms with Crippen molar-refractivity contribution < 1.29 is 23.6 Å². The summed E-state index contributed by atoms with van der Waals surface area (Å²) in [5.74, 6) is -0.104. The monoisotopic (exact) mass is 345 g/mol. The van der Waals surface area contributed by atoms with E-state index < -0.39 is 13.2 Å². The zero-order valence-corrected chi connectivity index (χ0v) is 13.1. The van der Waals surface area contributed by atoms with Crippen LogP contribution in [0.25, 0.3) is 22.0 Å². The second kappa shape index (κ2) is 6.27. The van der Waals surface area contributed by atoms with Gasteiger partial charge < -0.3 is 20.5 Å². The van der Waals surface area contributed by atoms with E-state index in [2.05, 4.69) is 10.2 Å². The largest absolute Gasteiger partial charge is 0.488 e. The summed E-state index contributed by atoms with van der Waals surface area (Å²) < 4.78 is 31.3. The fourth-order valence-electron chi connectivity index (χ4n) is 2.46. The maximum atomic E-state index is 13.3. The van der Waals surface area contributed by atoms with Gasteiger partial charge in [-0.05, 0) is 29.2 Å². The minimum atomic E-state index is -3.39. The van der Waals surface area contributed by atoms with Gasteiger partial charge in [0.05, 0.1) is 17.4 Å².